The molecule has 1 N–H and O–H groups in total. The van der Waals surface area contributed by atoms with Gasteiger partial charge in [-0.3, -0.25) is 9.69 Å². The lowest BCUT2D eigenvalue weighted by atomic mass is 10.00. The Bertz CT molecular complexity index is 1350. The van der Waals surface area contributed by atoms with Gasteiger partial charge in [-0.25, -0.2) is 8.42 Å². The number of hydrogen-bond acceptors (Lipinski definition) is 6. The molecule has 2 aromatic carbocycles. The van der Waals surface area contributed by atoms with E-state index in [1.165, 1.54) is 5.56 Å². The van der Waals surface area contributed by atoms with Crippen LogP contribution in [0.25, 0.3) is 11.4 Å². The second kappa shape index (κ2) is 11.1. The number of nitrogens with zero attached hydrogens (tertiary/aromatic N) is 5. The quantitative estimate of drug-likeness (QED) is 0.434. The highest BCUT2D eigenvalue weighted by molar-refractivity contribution is 7.89. The smallest absolute Gasteiger partial charge is 0.289 e. The van der Waals surface area contributed by atoms with Crippen molar-refractivity contribution in [2.24, 2.45) is 7.05 Å². The van der Waals surface area contributed by atoms with E-state index < -0.39 is 10.0 Å². The molecule has 0 unspecified atom stereocenters. The van der Waals surface area contributed by atoms with Crippen LogP contribution in [0.2, 0.25) is 0 Å². The number of amides is 1. The molecule has 0 radical (unpaired) electrons. The summed E-state index contributed by atoms with van der Waals surface area (Å²) in [6.07, 6.45) is 4.58. The maximum Gasteiger partial charge on any atom is 0.289 e. The summed E-state index contributed by atoms with van der Waals surface area (Å²) in [7, 11) is -1.60. The molecule has 37 heavy (non-hydrogen) atoms. The number of fused-ring (bicyclic) bond motifs is 1. The van der Waals surface area contributed by atoms with Crippen molar-refractivity contribution in [3.8, 4) is 11.4 Å². The number of nitrogens with one attached hydrogen (secondary N) is 1. The van der Waals surface area contributed by atoms with Gasteiger partial charge < -0.3 is 9.88 Å². The maximum absolute atomic E-state index is 13.0. The normalized spacial score (nSPS) is 16.6. The van der Waals surface area contributed by atoms with Crippen LogP contribution >= 0.6 is 0 Å². The van der Waals surface area contributed by atoms with Crippen LogP contribution in [0.4, 0.5) is 0 Å². The fourth-order valence-corrected chi connectivity index (χ4v) is 6.70. The van der Waals surface area contributed by atoms with E-state index in [9.17, 15) is 13.2 Å². The predicted octanol–water partition coefficient (Wildman–Crippen LogP) is 2.83. The number of carbonyl (C=O) groups excluding carboxylic acids is 1. The summed E-state index contributed by atoms with van der Waals surface area (Å²) in [5.74, 6) is 0.731. The molecule has 2 aliphatic rings. The van der Waals surface area contributed by atoms with Gasteiger partial charge in [0.15, 0.2) is 5.82 Å². The molecule has 5 rings (SSSR count). The molecule has 0 bridgehead atoms. The highest BCUT2D eigenvalue weighted by Gasteiger charge is 2.28. The highest BCUT2D eigenvalue weighted by atomic mass is 32.2. The number of rotatable bonds is 9. The summed E-state index contributed by atoms with van der Waals surface area (Å²) < 4.78 is 29.3. The van der Waals surface area contributed by atoms with Gasteiger partial charge >= 0.3 is 0 Å². The number of carbonyl (C=O) groups is 1. The Morgan fingerprint density at radius 1 is 0.973 bits per heavy atom. The molecule has 9 nitrogen and oxygen atoms in total. The van der Waals surface area contributed by atoms with Crippen molar-refractivity contribution in [1.82, 2.24) is 29.3 Å². The van der Waals surface area contributed by atoms with E-state index >= 15 is 0 Å². The number of aromatic nitrogens is 3. The first-order valence-corrected chi connectivity index (χ1v) is 14.4. The Balaban J connectivity index is 1.09. The van der Waals surface area contributed by atoms with E-state index in [1.807, 2.05) is 42.5 Å². The third-order valence-electron chi connectivity index (χ3n) is 7.27. The van der Waals surface area contributed by atoms with Crippen molar-refractivity contribution in [3.05, 3.63) is 65.5 Å². The second-order valence-electron chi connectivity index (χ2n) is 9.80. The van der Waals surface area contributed by atoms with Gasteiger partial charge in [-0.15, -0.1) is 10.2 Å². The van der Waals surface area contributed by atoms with Crippen LogP contribution in [0.15, 0.2) is 53.4 Å². The summed E-state index contributed by atoms with van der Waals surface area (Å²) in [5, 5.41) is 11.2. The molecule has 0 aliphatic carbocycles. The van der Waals surface area contributed by atoms with Gasteiger partial charge in [0.05, 0.1) is 4.90 Å². The van der Waals surface area contributed by atoms with Gasteiger partial charge in [0, 0.05) is 45.3 Å². The fraction of sp³-hybridized carbons (Fsp3) is 0.444. The fourth-order valence-electron chi connectivity index (χ4n) is 5.13. The molecule has 2 aliphatic heterocycles. The third-order valence-corrected chi connectivity index (χ3v) is 9.16. The Morgan fingerprint density at radius 2 is 1.76 bits per heavy atom. The van der Waals surface area contributed by atoms with Crippen LogP contribution in [-0.4, -0.2) is 71.0 Å². The van der Waals surface area contributed by atoms with E-state index in [0.29, 0.717) is 36.2 Å². The van der Waals surface area contributed by atoms with Crippen LogP contribution in [0.1, 0.15) is 47.4 Å². The number of hydrogen-bond donors (Lipinski definition) is 1. The molecule has 0 saturated carbocycles. The van der Waals surface area contributed by atoms with Gasteiger partial charge in [-0.2, -0.15) is 4.31 Å². The SMILES string of the molecule is Cn1c(C(=O)NCCCCN2CCc3ccc(S(=O)(=O)N4CCCC4)cc3C2)nnc1-c1ccccc1. The molecule has 1 aromatic heterocycles. The summed E-state index contributed by atoms with van der Waals surface area (Å²) in [5.41, 5.74) is 3.26. The molecule has 0 spiro atoms. The topological polar surface area (TPSA) is 100 Å². The summed E-state index contributed by atoms with van der Waals surface area (Å²) >= 11 is 0. The average molecular weight is 523 g/mol. The minimum absolute atomic E-state index is 0.226. The van der Waals surface area contributed by atoms with Crippen molar-refractivity contribution in [2.45, 2.75) is 43.5 Å². The Kier molecular flexibility index (Phi) is 7.68. The second-order valence-corrected chi connectivity index (χ2v) is 11.7. The van der Waals surface area contributed by atoms with Gasteiger partial charge in [0.25, 0.3) is 5.91 Å². The highest BCUT2D eigenvalue weighted by Crippen LogP contribution is 2.26. The zero-order chi connectivity index (χ0) is 25.8. The minimum atomic E-state index is -3.40. The zero-order valence-corrected chi connectivity index (χ0v) is 22.1. The van der Waals surface area contributed by atoms with Crippen LogP contribution in [0.3, 0.4) is 0 Å². The van der Waals surface area contributed by atoms with Crippen molar-refractivity contribution in [2.75, 3.05) is 32.7 Å². The van der Waals surface area contributed by atoms with E-state index in [4.69, 9.17) is 0 Å². The Labute approximate surface area is 218 Å². The maximum atomic E-state index is 13.0. The lowest BCUT2D eigenvalue weighted by Crippen LogP contribution is -2.33. The van der Waals surface area contributed by atoms with Gasteiger partial charge in [0.1, 0.15) is 0 Å². The van der Waals surface area contributed by atoms with Crippen LogP contribution in [-0.2, 0) is 30.0 Å². The zero-order valence-electron chi connectivity index (χ0n) is 21.3. The molecule has 1 fully saturated rings. The molecule has 3 aromatic rings. The van der Waals surface area contributed by atoms with E-state index in [-0.39, 0.29) is 5.91 Å². The molecular formula is C27H34N6O3S. The van der Waals surface area contributed by atoms with Gasteiger partial charge in [-0.1, -0.05) is 36.4 Å². The van der Waals surface area contributed by atoms with Crippen molar-refractivity contribution in [1.29, 1.82) is 0 Å². The molecule has 1 saturated heterocycles. The number of unbranched alkanes of at least 4 members (excludes halogenated alkanes) is 1. The summed E-state index contributed by atoms with van der Waals surface area (Å²) in [4.78, 5) is 15.4. The lowest BCUT2D eigenvalue weighted by Gasteiger charge is -2.29. The van der Waals surface area contributed by atoms with E-state index in [0.717, 1.165) is 62.9 Å². The number of benzene rings is 2. The predicted molar refractivity (Wildman–Crippen MR) is 141 cm³/mol. The van der Waals surface area contributed by atoms with Crippen LogP contribution in [0, 0.1) is 0 Å². The first-order chi connectivity index (χ1) is 17.9. The van der Waals surface area contributed by atoms with Crippen LogP contribution < -0.4 is 5.32 Å². The van der Waals surface area contributed by atoms with Crippen LogP contribution in [0.5, 0.6) is 0 Å². The molecule has 3 heterocycles. The first kappa shape index (κ1) is 25.6. The van der Waals surface area contributed by atoms with Gasteiger partial charge in [0.2, 0.25) is 15.8 Å². The van der Waals surface area contributed by atoms with Crippen molar-refractivity contribution < 1.29 is 13.2 Å². The standard InChI is InChI=1S/C27H34N6O3S/c1-31-25(22-9-3-2-4-10-22)29-30-26(31)27(34)28-14-5-6-15-32-18-13-21-11-12-24(19-23(21)20-32)37(35,36)33-16-7-8-17-33/h2-4,9-12,19H,5-8,13-18,20H2,1H3,(H,28,34). The molecule has 1 amide bonds. The summed E-state index contributed by atoms with van der Waals surface area (Å²) in [6, 6.07) is 15.3. The van der Waals surface area contributed by atoms with Gasteiger partial charge in [-0.05, 0) is 61.9 Å². The molecule has 10 heteroatoms. The largest absolute Gasteiger partial charge is 0.349 e. The van der Waals surface area contributed by atoms with E-state index in [1.54, 1.807) is 22.0 Å². The Morgan fingerprint density at radius 3 is 2.54 bits per heavy atom. The molecule has 0 atom stereocenters. The lowest BCUT2D eigenvalue weighted by molar-refractivity contribution is 0.0938. The monoisotopic (exact) mass is 522 g/mol. The van der Waals surface area contributed by atoms with E-state index in [2.05, 4.69) is 20.4 Å². The molecular weight excluding hydrogens is 488 g/mol. The minimum Gasteiger partial charge on any atom is -0.349 e. The summed E-state index contributed by atoms with van der Waals surface area (Å²) in [6.45, 7) is 4.42. The Hall–Kier alpha value is -3.08. The average Bonchev–Trinajstić information content (AvgIpc) is 3.59. The molecule has 196 valence electrons. The number of sulfonamides is 1. The third kappa shape index (κ3) is 5.61. The van der Waals surface area contributed by atoms with Crippen molar-refractivity contribution in [3.63, 3.8) is 0 Å². The van der Waals surface area contributed by atoms with Crippen molar-refractivity contribution >= 4 is 15.9 Å². The first-order valence-electron chi connectivity index (χ1n) is 13.0.